The second kappa shape index (κ2) is 11.7. The molecule has 4 fully saturated rings. The predicted octanol–water partition coefficient (Wildman–Crippen LogP) is 4.69. The number of fused-ring (bicyclic) bond motifs is 5. The summed E-state index contributed by atoms with van der Waals surface area (Å²) in [4.78, 5) is 44.5. The molecule has 5 heterocycles. The lowest BCUT2D eigenvalue weighted by atomic mass is 9.65. The Morgan fingerprint density at radius 1 is 1.00 bits per heavy atom. The third kappa shape index (κ3) is 4.85. The van der Waals surface area contributed by atoms with E-state index in [4.69, 9.17) is 9.47 Å². The van der Waals surface area contributed by atoms with Gasteiger partial charge in [0, 0.05) is 54.2 Å². The average molecular weight is 701 g/mol. The molecule has 1 aliphatic carbocycles. The van der Waals surface area contributed by atoms with Crippen LogP contribution in [0.3, 0.4) is 0 Å². The first kappa shape index (κ1) is 33.0. The van der Waals surface area contributed by atoms with Crippen molar-refractivity contribution in [1.82, 2.24) is 19.1 Å². The molecule has 50 heavy (non-hydrogen) atoms. The highest BCUT2D eigenvalue weighted by atomic mass is 32.2. The highest BCUT2D eigenvalue weighted by Gasteiger charge is 2.73. The molecule has 264 valence electrons. The number of amides is 3. The van der Waals surface area contributed by atoms with E-state index in [1.54, 1.807) is 26.2 Å². The van der Waals surface area contributed by atoms with Gasteiger partial charge in [-0.3, -0.25) is 14.4 Å². The largest absolute Gasteiger partial charge is 0.497 e. The van der Waals surface area contributed by atoms with Crippen molar-refractivity contribution in [2.75, 3.05) is 40.0 Å². The summed E-state index contributed by atoms with van der Waals surface area (Å²) in [6.45, 7) is 7.35. The SMILES string of the molecule is COc1ccc2c(c1)C=C(C(=O)N1CC34COCC3(C1)N(C(C)=O)C4)Cn1c-2c(C2CCCCC2)c2ccc(C(=O)NS(=O)(=O)C(C)C)cc21. The molecule has 5 aliphatic rings. The van der Waals surface area contributed by atoms with Crippen LogP contribution < -0.4 is 9.46 Å². The van der Waals surface area contributed by atoms with Gasteiger partial charge in [0.05, 0.1) is 48.8 Å². The minimum absolute atomic E-state index is 0.00476. The number of carbonyl (C=O) groups is 3. The maximum absolute atomic E-state index is 14.7. The lowest BCUT2D eigenvalue weighted by Gasteiger charge is -2.57. The van der Waals surface area contributed by atoms with Gasteiger partial charge in [0.1, 0.15) is 5.75 Å². The number of nitrogens with one attached hydrogen (secondary N) is 1. The summed E-state index contributed by atoms with van der Waals surface area (Å²) in [6.07, 6.45) is 7.50. The van der Waals surface area contributed by atoms with E-state index >= 15 is 0 Å². The molecule has 0 radical (unpaired) electrons. The Morgan fingerprint density at radius 2 is 1.78 bits per heavy atom. The zero-order chi connectivity index (χ0) is 35.2. The topological polar surface area (TPSA) is 127 Å². The molecule has 11 nitrogen and oxygen atoms in total. The molecule has 1 aromatic heterocycles. The molecule has 3 amide bonds. The number of nitrogens with zero attached hydrogens (tertiary/aromatic N) is 3. The Morgan fingerprint density at radius 3 is 2.50 bits per heavy atom. The first-order valence-corrected chi connectivity index (χ1v) is 19.2. The second-order valence-corrected chi connectivity index (χ2v) is 17.4. The van der Waals surface area contributed by atoms with Crippen LogP contribution in [-0.2, 0) is 30.9 Å². The Hall–Kier alpha value is -4.16. The smallest absolute Gasteiger partial charge is 0.264 e. The summed E-state index contributed by atoms with van der Waals surface area (Å²) in [5.41, 5.74) is 4.91. The number of benzene rings is 2. The van der Waals surface area contributed by atoms with E-state index in [1.165, 1.54) is 25.8 Å². The fraction of sp³-hybridized carbons (Fsp3) is 0.500. The summed E-state index contributed by atoms with van der Waals surface area (Å²) in [7, 11) is -2.21. The molecule has 12 heteroatoms. The average Bonchev–Trinajstić information content (AvgIpc) is 3.56. The molecule has 2 unspecified atom stereocenters. The summed E-state index contributed by atoms with van der Waals surface area (Å²) in [6, 6.07) is 11.4. The molecule has 1 N–H and O–H groups in total. The van der Waals surface area contributed by atoms with Crippen LogP contribution in [0, 0.1) is 5.41 Å². The highest BCUT2D eigenvalue weighted by Crippen LogP contribution is 2.57. The zero-order valence-electron chi connectivity index (χ0n) is 29.1. The Bertz CT molecular complexity index is 2100. The Balaban J connectivity index is 1.27. The zero-order valence-corrected chi connectivity index (χ0v) is 29.9. The van der Waals surface area contributed by atoms with Gasteiger partial charge in [-0.05, 0) is 80.1 Å². The van der Waals surface area contributed by atoms with Crippen molar-refractivity contribution in [3.05, 3.63) is 58.7 Å². The van der Waals surface area contributed by atoms with Gasteiger partial charge >= 0.3 is 0 Å². The molecule has 2 aromatic carbocycles. The van der Waals surface area contributed by atoms with Crippen LogP contribution in [0.5, 0.6) is 5.75 Å². The fourth-order valence-corrected chi connectivity index (χ4v) is 9.89. The molecule has 1 saturated carbocycles. The van der Waals surface area contributed by atoms with Gasteiger partial charge in [-0.1, -0.05) is 25.3 Å². The van der Waals surface area contributed by atoms with E-state index in [0.29, 0.717) is 50.1 Å². The molecular formula is C38H44N4O7S. The maximum Gasteiger partial charge on any atom is 0.264 e. The van der Waals surface area contributed by atoms with Gasteiger partial charge in [-0.15, -0.1) is 0 Å². The summed E-state index contributed by atoms with van der Waals surface area (Å²) < 4.78 is 41.3. The first-order chi connectivity index (χ1) is 23.9. The van der Waals surface area contributed by atoms with Gasteiger partial charge in [0.25, 0.3) is 11.8 Å². The lowest BCUT2D eigenvalue weighted by molar-refractivity contribution is -0.157. The number of carbonyl (C=O) groups excluding carboxylic acids is 3. The normalized spacial score (nSPS) is 24.5. The quantitative estimate of drug-likeness (QED) is 0.396. The molecule has 8 rings (SSSR count). The molecule has 4 aliphatic heterocycles. The van der Waals surface area contributed by atoms with Crippen LogP contribution in [0.4, 0.5) is 0 Å². The maximum atomic E-state index is 14.7. The van der Waals surface area contributed by atoms with Crippen molar-refractivity contribution in [2.45, 2.75) is 76.1 Å². The summed E-state index contributed by atoms with van der Waals surface area (Å²) in [5.74, 6) is 0.190. The van der Waals surface area contributed by atoms with Gasteiger partial charge in [-0.25, -0.2) is 13.1 Å². The number of methoxy groups -OCH3 is 1. The first-order valence-electron chi connectivity index (χ1n) is 17.6. The predicted molar refractivity (Wildman–Crippen MR) is 189 cm³/mol. The van der Waals surface area contributed by atoms with Crippen molar-refractivity contribution in [2.24, 2.45) is 5.41 Å². The monoisotopic (exact) mass is 700 g/mol. The van der Waals surface area contributed by atoms with Crippen molar-refractivity contribution in [3.63, 3.8) is 0 Å². The fourth-order valence-electron chi connectivity index (χ4n) is 9.28. The molecule has 2 atom stereocenters. The number of aromatic nitrogens is 1. The Kier molecular flexibility index (Phi) is 7.72. The van der Waals surface area contributed by atoms with Crippen molar-refractivity contribution >= 4 is 44.7 Å². The second-order valence-electron chi connectivity index (χ2n) is 15.1. The van der Waals surface area contributed by atoms with Gasteiger partial charge < -0.3 is 23.8 Å². The third-order valence-electron chi connectivity index (χ3n) is 12.0. The molecule has 3 aromatic rings. The number of ether oxygens (including phenoxy) is 2. The van der Waals surface area contributed by atoms with Crippen LogP contribution in [0.25, 0.3) is 28.2 Å². The molecule has 0 spiro atoms. The number of rotatable bonds is 6. The number of hydrogen-bond donors (Lipinski definition) is 1. The molecular weight excluding hydrogens is 657 g/mol. The number of sulfonamides is 1. The van der Waals surface area contributed by atoms with E-state index < -0.39 is 26.7 Å². The Labute approximate surface area is 292 Å². The van der Waals surface area contributed by atoms with E-state index in [2.05, 4.69) is 15.4 Å². The summed E-state index contributed by atoms with van der Waals surface area (Å²) >= 11 is 0. The minimum atomic E-state index is -3.84. The van der Waals surface area contributed by atoms with E-state index in [-0.39, 0.29) is 29.3 Å². The van der Waals surface area contributed by atoms with E-state index in [1.807, 2.05) is 34.1 Å². The van der Waals surface area contributed by atoms with Crippen LogP contribution in [0.2, 0.25) is 0 Å². The third-order valence-corrected chi connectivity index (χ3v) is 13.7. The van der Waals surface area contributed by atoms with Crippen molar-refractivity contribution < 1.29 is 32.3 Å². The highest BCUT2D eigenvalue weighted by molar-refractivity contribution is 7.90. The van der Waals surface area contributed by atoms with Gasteiger partial charge in [-0.2, -0.15) is 0 Å². The van der Waals surface area contributed by atoms with Crippen LogP contribution in [0.15, 0.2) is 42.0 Å². The van der Waals surface area contributed by atoms with Crippen molar-refractivity contribution in [3.8, 4) is 17.0 Å². The molecule has 0 bridgehead atoms. The standard InChI is InChI=1S/C38H44N4O7S/c1-23(2)50(46,47)39-35(44)26-10-12-31-32(16-26)41-17-28(36(45)40-18-37-19-42(24(3)43)38(37,20-40)22-49-21-37)14-27-15-29(48-4)11-13-30(27)34(41)33(31)25-8-6-5-7-9-25/h10-16,23,25H,5-9,17-22H2,1-4H3,(H,39,44). The number of hydrogen-bond acceptors (Lipinski definition) is 7. The minimum Gasteiger partial charge on any atom is -0.497 e. The van der Waals surface area contributed by atoms with Crippen LogP contribution >= 0.6 is 0 Å². The van der Waals surface area contributed by atoms with E-state index in [9.17, 15) is 22.8 Å². The van der Waals surface area contributed by atoms with Crippen LogP contribution in [0.1, 0.15) is 80.3 Å². The summed E-state index contributed by atoms with van der Waals surface area (Å²) in [5, 5.41) is 0.241. The number of likely N-dealkylation sites (tertiary alicyclic amines) is 2. The lowest BCUT2D eigenvalue weighted by Crippen LogP contribution is -2.74. The van der Waals surface area contributed by atoms with Gasteiger partial charge in [0.2, 0.25) is 15.9 Å². The van der Waals surface area contributed by atoms with Crippen LogP contribution in [-0.4, -0.2) is 91.3 Å². The van der Waals surface area contributed by atoms with Gasteiger partial charge in [0.15, 0.2) is 0 Å². The van der Waals surface area contributed by atoms with Crippen molar-refractivity contribution in [1.29, 1.82) is 0 Å². The molecule has 3 saturated heterocycles. The van der Waals surface area contributed by atoms with E-state index in [0.717, 1.165) is 53.4 Å².